The van der Waals surface area contributed by atoms with E-state index in [0.29, 0.717) is 51.6 Å². The van der Waals surface area contributed by atoms with E-state index >= 15 is 0 Å². The summed E-state index contributed by atoms with van der Waals surface area (Å²) in [7, 11) is 0. The normalized spacial score (nSPS) is 27.2. The van der Waals surface area contributed by atoms with Crippen LogP contribution < -0.4 is 0 Å². The van der Waals surface area contributed by atoms with Gasteiger partial charge in [0, 0.05) is 51.6 Å². The van der Waals surface area contributed by atoms with E-state index in [9.17, 15) is 14.4 Å². The van der Waals surface area contributed by atoms with Crippen molar-refractivity contribution in [2.75, 3.05) is 32.7 Å². The molecule has 3 amide bonds. The lowest BCUT2D eigenvalue weighted by atomic mass is 10.0. The van der Waals surface area contributed by atoms with Crippen LogP contribution in [0.15, 0.2) is 0 Å². The number of piperazine rings is 1. The Morgan fingerprint density at radius 3 is 2.14 bits per heavy atom. The van der Waals surface area contributed by atoms with E-state index in [1.54, 1.807) is 0 Å². The molecule has 0 radical (unpaired) electrons. The van der Waals surface area contributed by atoms with Crippen molar-refractivity contribution in [3.8, 4) is 0 Å². The quantitative estimate of drug-likeness (QED) is 0.725. The van der Waals surface area contributed by atoms with Crippen LogP contribution in [0.3, 0.4) is 0 Å². The van der Waals surface area contributed by atoms with Crippen molar-refractivity contribution >= 4 is 17.7 Å². The average molecular weight is 390 g/mol. The number of amides is 3. The van der Waals surface area contributed by atoms with Crippen LogP contribution in [0.4, 0.5) is 0 Å². The molecule has 1 unspecified atom stereocenters. The van der Waals surface area contributed by atoms with Crippen LogP contribution in [0.5, 0.6) is 0 Å². The summed E-state index contributed by atoms with van der Waals surface area (Å²) >= 11 is 0. The maximum Gasteiger partial charge on any atom is 0.228 e. The molecular weight excluding hydrogens is 354 g/mol. The SMILES string of the molecule is O=C(CCC1CCCC1)N1CCN(C(=O)C2CC(=O)N(C3CCCC3)C2)CC1. The molecule has 2 saturated heterocycles. The molecule has 0 N–H and O–H groups in total. The number of rotatable bonds is 5. The summed E-state index contributed by atoms with van der Waals surface area (Å²) in [6.07, 6.45) is 11.8. The van der Waals surface area contributed by atoms with E-state index in [-0.39, 0.29) is 23.6 Å². The molecule has 0 aromatic rings. The van der Waals surface area contributed by atoms with Crippen molar-refractivity contribution in [3.05, 3.63) is 0 Å². The molecule has 2 aliphatic heterocycles. The summed E-state index contributed by atoms with van der Waals surface area (Å²) in [5.41, 5.74) is 0. The first-order valence-electron chi connectivity index (χ1n) is 11.5. The molecule has 0 aromatic carbocycles. The van der Waals surface area contributed by atoms with Crippen molar-refractivity contribution < 1.29 is 14.4 Å². The van der Waals surface area contributed by atoms with Gasteiger partial charge in [-0.15, -0.1) is 0 Å². The van der Waals surface area contributed by atoms with Crippen molar-refractivity contribution in [2.45, 2.75) is 76.7 Å². The molecule has 2 saturated carbocycles. The lowest BCUT2D eigenvalue weighted by molar-refractivity contribution is -0.142. The summed E-state index contributed by atoms with van der Waals surface area (Å²) in [6, 6.07) is 0.361. The third-order valence-electron chi connectivity index (χ3n) is 7.46. The molecule has 156 valence electrons. The topological polar surface area (TPSA) is 60.9 Å². The third kappa shape index (κ3) is 4.36. The molecule has 6 heteroatoms. The summed E-state index contributed by atoms with van der Waals surface area (Å²) in [4.78, 5) is 43.6. The van der Waals surface area contributed by atoms with Crippen LogP contribution in [0.1, 0.15) is 70.6 Å². The minimum atomic E-state index is -0.183. The smallest absolute Gasteiger partial charge is 0.228 e. The van der Waals surface area contributed by atoms with Crippen LogP contribution in [0.25, 0.3) is 0 Å². The number of hydrogen-bond donors (Lipinski definition) is 0. The Morgan fingerprint density at radius 1 is 0.857 bits per heavy atom. The van der Waals surface area contributed by atoms with Crippen molar-refractivity contribution in [3.63, 3.8) is 0 Å². The summed E-state index contributed by atoms with van der Waals surface area (Å²) in [5.74, 6) is 1.09. The van der Waals surface area contributed by atoms with Gasteiger partial charge in [-0.1, -0.05) is 38.5 Å². The molecule has 0 bridgehead atoms. The lowest BCUT2D eigenvalue weighted by Crippen LogP contribution is -2.52. The van der Waals surface area contributed by atoms with Gasteiger partial charge in [0.25, 0.3) is 0 Å². The van der Waals surface area contributed by atoms with Crippen molar-refractivity contribution in [2.24, 2.45) is 11.8 Å². The number of likely N-dealkylation sites (tertiary alicyclic amines) is 1. The van der Waals surface area contributed by atoms with Gasteiger partial charge in [0.05, 0.1) is 5.92 Å². The Hall–Kier alpha value is -1.59. The van der Waals surface area contributed by atoms with Gasteiger partial charge in [-0.3, -0.25) is 14.4 Å². The fraction of sp³-hybridized carbons (Fsp3) is 0.864. The summed E-state index contributed by atoms with van der Waals surface area (Å²) in [5, 5.41) is 0. The molecule has 28 heavy (non-hydrogen) atoms. The fourth-order valence-electron chi connectivity index (χ4n) is 5.69. The highest BCUT2D eigenvalue weighted by atomic mass is 16.2. The van der Waals surface area contributed by atoms with Gasteiger partial charge in [0.1, 0.15) is 0 Å². The van der Waals surface area contributed by atoms with E-state index in [1.807, 2.05) is 14.7 Å². The van der Waals surface area contributed by atoms with E-state index in [2.05, 4.69) is 0 Å². The van der Waals surface area contributed by atoms with Gasteiger partial charge in [-0.25, -0.2) is 0 Å². The second kappa shape index (κ2) is 8.83. The van der Waals surface area contributed by atoms with Crippen LogP contribution in [-0.2, 0) is 14.4 Å². The molecule has 0 spiro atoms. The number of carbonyl (C=O) groups is 3. The molecule has 4 aliphatic rings. The maximum absolute atomic E-state index is 12.9. The van der Waals surface area contributed by atoms with Gasteiger partial charge in [-0.2, -0.15) is 0 Å². The van der Waals surface area contributed by atoms with Crippen LogP contribution in [-0.4, -0.2) is 71.2 Å². The Balaban J connectivity index is 1.21. The Bertz CT molecular complexity index is 588. The van der Waals surface area contributed by atoms with Gasteiger partial charge < -0.3 is 14.7 Å². The minimum Gasteiger partial charge on any atom is -0.339 e. The molecule has 6 nitrogen and oxygen atoms in total. The number of nitrogens with zero attached hydrogens (tertiary/aromatic N) is 3. The zero-order valence-corrected chi connectivity index (χ0v) is 17.1. The van der Waals surface area contributed by atoms with Crippen LogP contribution >= 0.6 is 0 Å². The average Bonchev–Trinajstić information content (AvgIpc) is 3.47. The third-order valence-corrected chi connectivity index (χ3v) is 7.46. The highest BCUT2D eigenvalue weighted by Crippen LogP contribution is 2.31. The predicted molar refractivity (Wildman–Crippen MR) is 106 cm³/mol. The van der Waals surface area contributed by atoms with Crippen molar-refractivity contribution in [1.82, 2.24) is 14.7 Å². The predicted octanol–water partition coefficient (Wildman–Crippen LogP) is 2.42. The monoisotopic (exact) mass is 389 g/mol. The first kappa shape index (κ1) is 19.7. The largest absolute Gasteiger partial charge is 0.339 e. The standard InChI is InChI=1S/C22H35N3O3/c26-20(10-9-17-5-1-2-6-17)23-11-13-24(14-12-23)22(28)18-15-21(27)25(16-18)19-7-3-4-8-19/h17-19H,1-16H2. The summed E-state index contributed by atoms with van der Waals surface area (Å²) in [6.45, 7) is 3.11. The number of hydrogen-bond acceptors (Lipinski definition) is 3. The highest BCUT2D eigenvalue weighted by Gasteiger charge is 2.40. The highest BCUT2D eigenvalue weighted by molar-refractivity contribution is 5.89. The summed E-state index contributed by atoms with van der Waals surface area (Å²) < 4.78 is 0. The molecule has 1 atom stereocenters. The van der Waals surface area contributed by atoms with Gasteiger partial charge in [0.15, 0.2) is 0 Å². The zero-order valence-electron chi connectivity index (χ0n) is 17.1. The first-order chi connectivity index (χ1) is 13.6. The Morgan fingerprint density at radius 2 is 1.46 bits per heavy atom. The Labute approximate surface area is 168 Å². The first-order valence-corrected chi connectivity index (χ1v) is 11.5. The Kier molecular flexibility index (Phi) is 6.22. The number of carbonyl (C=O) groups excluding carboxylic acids is 3. The second-order valence-corrected chi connectivity index (χ2v) is 9.28. The maximum atomic E-state index is 12.9. The van der Waals surface area contributed by atoms with Crippen LogP contribution in [0, 0.1) is 11.8 Å². The zero-order chi connectivity index (χ0) is 19.5. The van der Waals surface area contributed by atoms with Gasteiger partial charge in [0.2, 0.25) is 17.7 Å². The van der Waals surface area contributed by atoms with E-state index in [1.165, 1.54) is 38.5 Å². The van der Waals surface area contributed by atoms with Crippen LogP contribution in [0.2, 0.25) is 0 Å². The van der Waals surface area contributed by atoms with Crippen molar-refractivity contribution in [1.29, 1.82) is 0 Å². The molecule has 2 aliphatic carbocycles. The molecule has 4 rings (SSSR count). The van der Waals surface area contributed by atoms with E-state index in [0.717, 1.165) is 25.2 Å². The lowest BCUT2D eigenvalue weighted by Gasteiger charge is -2.36. The molecular formula is C22H35N3O3. The minimum absolute atomic E-state index is 0.118. The molecule has 0 aromatic heterocycles. The molecule has 4 fully saturated rings. The second-order valence-electron chi connectivity index (χ2n) is 9.28. The van der Waals surface area contributed by atoms with Gasteiger partial charge in [-0.05, 0) is 25.2 Å². The van der Waals surface area contributed by atoms with E-state index < -0.39 is 0 Å². The van der Waals surface area contributed by atoms with E-state index in [4.69, 9.17) is 0 Å². The fourth-order valence-corrected chi connectivity index (χ4v) is 5.69. The van der Waals surface area contributed by atoms with Gasteiger partial charge >= 0.3 is 0 Å². The molecule has 2 heterocycles.